The maximum absolute atomic E-state index is 13.5. The summed E-state index contributed by atoms with van der Waals surface area (Å²) >= 11 is 0. The second kappa shape index (κ2) is 9.68. The van der Waals surface area contributed by atoms with Gasteiger partial charge < -0.3 is 4.90 Å². The Morgan fingerprint density at radius 2 is 1.62 bits per heavy atom. The molecule has 1 unspecified atom stereocenters. The van der Waals surface area contributed by atoms with Gasteiger partial charge in [-0.3, -0.25) is 14.4 Å². The number of rotatable bonds is 6. The molecule has 2 fully saturated rings. The summed E-state index contributed by atoms with van der Waals surface area (Å²) in [5, 5.41) is 0. The van der Waals surface area contributed by atoms with Crippen LogP contribution in [-0.2, 0) is 20.9 Å². The first-order valence-corrected chi connectivity index (χ1v) is 11.8. The van der Waals surface area contributed by atoms with Gasteiger partial charge in [-0.1, -0.05) is 75.6 Å². The van der Waals surface area contributed by atoms with Crippen LogP contribution in [0.15, 0.2) is 54.6 Å². The maximum Gasteiger partial charge on any atom is 0.257 e. The minimum absolute atomic E-state index is 0.0108. The second-order valence-electron chi connectivity index (χ2n) is 9.32. The zero-order valence-corrected chi connectivity index (χ0v) is 19.0. The van der Waals surface area contributed by atoms with Crippen molar-refractivity contribution in [1.82, 2.24) is 4.90 Å². The molecule has 1 aliphatic carbocycles. The molecule has 1 saturated heterocycles. The number of imide groups is 1. The monoisotopic (exact) mass is 432 g/mol. The van der Waals surface area contributed by atoms with E-state index in [1.165, 1.54) is 4.90 Å². The highest BCUT2D eigenvalue weighted by Crippen LogP contribution is 2.32. The summed E-state index contributed by atoms with van der Waals surface area (Å²) in [6.07, 6.45) is 5.00. The third-order valence-electron chi connectivity index (χ3n) is 6.75. The SMILES string of the molecule is CC(C)c1ccc(N2C(=O)CC(N(Cc3ccccc3)C(=O)C3CCCCC3)C2=O)cc1. The van der Waals surface area contributed by atoms with Crippen molar-refractivity contribution >= 4 is 23.4 Å². The molecule has 0 N–H and O–H groups in total. The fourth-order valence-corrected chi connectivity index (χ4v) is 4.84. The molecule has 1 heterocycles. The third kappa shape index (κ3) is 4.62. The number of anilines is 1. The van der Waals surface area contributed by atoms with Gasteiger partial charge in [0.1, 0.15) is 6.04 Å². The fraction of sp³-hybridized carbons (Fsp3) is 0.444. The molecule has 168 valence electrons. The number of nitrogens with zero attached hydrogens (tertiary/aromatic N) is 2. The first-order valence-electron chi connectivity index (χ1n) is 11.8. The number of benzene rings is 2. The molecule has 5 nitrogen and oxygen atoms in total. The summed E-state index contributed by atoms with van der Waals surface area (Å²) in [6, 6.07) is 16.6. The molecule has 1 aliphatic heterocycles. The average molecular weight is 433 g/mol. The van der Waals surface area contributed by atoms with Gasteiger partial charge in [-0.25, -0.2) is 4.90 Å². The lowest BCUT2D eigenvalue weighted by molar-refractivity contribution is -0.143. The van der Waals surface area contributed by atoms with Crippen molar-refractivity contribution in [2.75, 3.05) is 4.90 Å². The van der Waals surface area contributed by atoms with Gasteiger partial charge in [-0.15, -0.1) is 0 Å². The average Bonchev–Trinajstić information content (AvgIpc) is 3.11. The lowest BCUT2D eigenvalue weighted by Crippen LogP contribution is -2.47. The Balaban J connectivity index is 1.60. The number of hydrogen-bond donors (Lipinski definition) is 0. The highest BCUT2D eigenvalue weighted by atomic mass is 16.2. The first-order chi connectivity index (χ1) is 15.5. The highest BCUT2D eigenvalue weighted by molar-refractivity contribution is 6.23. The molecule has 0 spiro atoms. The molecule has 1 atom stereocenters. The molecular formula is C27H32N2O3. The zero-order chi connectivity index (χ0) is 22.7. The van der Waals surface area contributed by atoms with Gasteiger partial charge in [0.2, 0.25) is 11.8 Å². The van der Waals surface area contributed by atoms with Crippen LogP contribution in [0.2, 0.25) is 0 Å². The topological polar surface area (TPSA) is 57.7 Å². The van der Waals surface area contributed by atoms with Crippen LogP contribution in [0.5, 0.6) is 0 Å². The van der Waals surface area contributed by atoms with Gasteiger partial charge >= 0.3 is 0 Å². The minimum Gasteiger partial charge on any atom is -0.326 e. The molecule has 0 aromatic heterocycles. The number of carbonyl (C=O) groups excluding carboxylic acids is 3. The van der Waals surface area contributed by atoms with Gasteiger partial charge in [0.25, 0.3) is 5.91 Å². The summed E-state index contributed by atoms with van der Waals surface area (Å²) in [5.74, 6) is -0.220. The molecule has 0 bridgehead atoms. The van der Waals surface area contributed by atoms with Crippen LogP contribution in [0, 0.1) is 5.92 Å². The molecule has 2 aromatic rings. The van der Waals surface area contributed by atoms with Crippen molar-refractivity contribution < 1.29 is 14.4 Å². The van der Waals surface area contributed by atoms with Crippen molar-refractivity contribution in [2.24, 2.45) is 5.92 Å². The van der Waals surface area contributed by atoms with Gasteiger partial charge in [0, 0.05) is 12.5 Å². The smallest absolute Gasteiger partial charge is 0.257 e. The lowest BCUT2D eigenvalue weighted by Gasteiger charge is -2.32. The van der Waals surface area contributed by atoms with Crippen molar-refractivity contribution in [1.29, 1.82) is 0 Å². The Kier molecular flexibility index (Phi) is 6.73. The van der Waals surface area contributed by atoms with Crippen LogP contribution in [0.4, 0.5) is 5.69 Å². The Bertz CT molecular complexity index is 962. The van der Waals surface area contributed by atoms with Crippen molar-refractivity contribution in [3.63, 3.8) is 0 Å². The van der Waals surface area contributed by atoms with E-state index in [9.17, 15) is 14.4 Å². The first kappa shape index (κ1) is 22.3. The quantitative estimate of drug-likeness (QED) is 0.600. The molecule has 1 saturated carbocycles. The third-order valence-corrected chi connectivity index (χ3v) is 6.75. The number of carbonyl (C=O) groups is 3. The summed E-state index contributed by atoms with van der Waals surface area (Å²) in [4.78, 5) is 42.9. The standard InChI is InChI=1S/C27H32N2O3/c1-19(2)21-13-15-23(16-14-21)29-25(30)17-24(27(29)32)28(18-20-9-5-3-6-10-20)26(31)22-11-7-4-8-12-22/h3,5-6,9-10,13-16,19,22,24H,4,7-8,11-12,17-18H2,1-2H3. The predicted molar refractivity (Wildman–Crippen MR) is 125 cm³/mol. The normalized spacial score (nSPS) is 19.6. The van der Waals surface area contributed by atoms with E-state index < -0.39 is 6.04 Å². The Hall–Kier alpha value is -2.95. The minimum atomic E-state index is -0.748. The van der Waals surface area contributed by atoms with Crippen LogP contribution in [0.1, 0.15) is 69.4 Å². The number of hydrogen-bond acceptors (Lipinski definition) is 3. The van der Waals surface area contributed by atoms with Crippen molar-refractivity contribution in [3.8, 4) is 0 Å². The Labute approximate surface area is 190 Å². The molecule has 32 heavy (non-hydrogen) atoms. The van der Waals surface area contributed by atoms with E-state index >= 15 is 0 Å². The molecule has 5 heteroatoms. The predicted octanol–water partition coefficient (Wildman–Crippen LogP) is 5.05. The van der Waals surface area contributed by atoms with Crippen LogP contribution in [-0.4, -0.2) is 28.7 Å². The molecular weight excluding hydrogens is 400 g/mol. The molecule has 2 aliphatic rings. The lowest BCUT2D eigenvalue weighted by atomic mass is 9.87. The van der Waals surface area contributed by atoms with E-state index in [0.717, 1.165) is 43.2 Å². The summed E-state index contributed by atoms with van der Waals surface area (Å²) < 4.78 is 0. The van der Waals surface area contributed by atoms with Crippen molar-refractivity contribution in [3.05, 3.63) is 65.7 Å². The Morgan fingerprint density at radius 3 is 2.25 bits per heavy atom. The maximum atomic E-state index is 13.5. The van der Waals surface area contributed by atoms with Crippen LogP contribution in [0.3, 0.4) is 0 Å². The van der Waals surface area contributed by atoms with Crippen LogP contribution >= 0.6 is 0 Å². The van der Waals surface area contributed by atoms with E-state index in [1.54, 1.807) is 4.90 Å². The van der Waals surface area contributed by atoms with Crippen molar-refractivity contribution in [2.45, 2.75) is 70.9 Å². The molecule has 2 aromatic carbocycles. The van der Waals surface area contributed by atoms with Gasteiger partial charge in [-0.05, 0) is 42.0 Å². The summed E-state index contributed by atoms with van der Waals surface area (Å²) in [7, 11) is 0. The van der Waals surface area contributed by atoms with E-state index in [2.05, 4.69) is 13.8 Å². The molecule has 4 rings (SSSR count). The van der Waals surface area contributed by atoms with Crippen LogP contribution < -0.4 is 4.90 Å². The van der Waals surface area contributed by atoms with E-state index in [1.807, 2.05) is 54.6 Å². The summed E-state index contributed by atoms with van der Waals surface area (Å²) in [5.41, 5.74) is 2.70. The fourth-order valence-electron chi connectivity index (χ4n) is 4.84. The van der Waals surface area contributed by atoms with Crippen LogP contribution in [0.25, 0.3) is 0 Å². The van der Waals surface area contributed by atoms with Gasteiger partial charge in [-0.2, -0.15) is 0 Å². The van der Waals surface area contributed by atoms with E-state index in [-0.39, 0.29) is 30.1 Å². The summed E-state index contributed by atoms with van der Waals surface area (Å²) in [6.45, 7) is 4.56. The second-order valence-corrected chi connectivity index (χ2v) is 9.32. The van der Waals surface area contributed by atoms with E-state index in [4.69, 9.17) is 0 Å². The largest absolute Gasteiger partial charge is 0.326 e. The Morgan fingerprint density at radius 1 is 0.969 bits per heavy atom. The highest BCUT2D eigenvalue weighted by Gasteiger charge is 2.45. The van der Waals surface area contributed by atoms with Gasteiger partial charge in [0.05, 0.1) is 12.1 Å². The number of amides is 3. The van der Waals surface area contributed by atoms with Gasteiger partial charge in [0.15, 0.2) is 0 Å². The van der Waals surface area contributed by atoms with E-state index in [0.29, 0.717) is 18.2 Å². The zero-order valence-electron chi connectivity index (χ0n) is 19.0. The molecule has 0 radical (unpaired) electrons. The molecule has 3 amide bonds.